The Kier molecular flexibility index (Phi) is 8.08. The predicted molar refractivity (Wildman–Crippen MR) is 210 cm³/mol. The molecule has 0 saturated heterocycles. The van der Waals surface area contributed by atoms with E-state index in [0.717, 1.165) is 39.3 Å². The zero-order valence-electron chi connectivity index (χ0n) is 29.4. The Bertz CT molecular complexity index is 2760. The van der Waals surface area contributed by atoms with E-state index in [1.807, 2.05) is 6.07 Å². The maximum atomic E-state index is 5.66. The van der Waals surface area contributed by atoms with Gasteiger partial charge >= 0.3 is 21.1 Å². The van der Waals surface area contributed by atoms with E-state index < -0.39 is 0 Å². The van der Waals surface area contributed by atoms with Crippen molar-refractivity contribution < 1.29 is 21.1 Å². The van der Waals surface area contributed by atoms with Gasteiger partial charge in [-0.25, -0.2) is 4.98 Å². The van der Waals surface area contributed by atoms with Gasteiger partial charge in [0.15, 0.2) is 0 Å². The zero-order valence-corrected chi connectivity index (χ0v) is 31.6. The smallest absolute Gasteiger partial charge is 0.318 e. The molecule has 0 atom stereocenters. The third kappa shape index (κ3) is 5.34. The number of rotatable bonds is 4. The van der Waals surface area contributed by atoms with Gasteiger partial charge in [0, 0.05) is 21.5 Å². The maximum Gasteiger partial charge on any atom is 2.00 e. The molecule has 0 radical (unpaired) electrons. The summed E-state index contributed by atoms with van der Waals surface area (Å²) in [6, 6.07) is 54.9. The van der Waals surface area contributed by atoms with Crippen molar-refractivity contribution in [3.8, 4) is 33.6 Å². The molecule has 250 valence electrons. The molecular formula is C47H37N3Pt. The molecule has 9 rings (SSSR count). The van der Waals surface area contributed by atoms with E-state index in [4.69, 9.17) is 4.98 Å². The minimum atomic E-state index is -0.178. The molecule has 0 spiro atoms. The third-order valence-electron chi connectivity index (χ3n) is 9.99. The van der Waals surface area contributed by atoms with Gasteiger partial charge in [-0.2, -0.15) is 23.8 Å². The van der Waals surface area contributed by atoms with E-state index in [-0.39, 0.29) is 26.5 Å². The van der Waals surface area contributed by atoms with Gasteiger partial charge in [-0.15, -0.1) is 35.9 Å². The minimum Gasteiger partial charge on any atom is -0.318 e. The van der Waals surface area contributed by atoms with Gasteiger partial charge in [0.2, 0.25) is 0 Å². The largest absolute Gasteiger partial charge is 2.00 e. The van der Waals surface area contributed by atoms with Crippen LogP contribution in [0.4, 0.5) is 0 Å². The molecule has 51 heavy (non-hydrogen) atoms. The van der Waals surface area contributed by atoms with Gasteiger partial charge < -0.3 is 9.13 Å². The fourth-order valence-corrected chi connectivity index (χ4v) is 7.83. The van der Waals surface area contributed by atoms with E-state index in [1.54, 1.807) is 0 Å². The first-order chi connectivity index (χ1) is 24.3. The molecule has 0 aliphatic rings. The molecule has 0 bridgehead atoms. The van der Waals surface area contributed by atoms with E-state index in [1.165, 1.54) is 54.9 Å². The first-order valence-electron chi connectivity index (χ1n) is 17.3. The second-order valence-corrected chi connectivity index (χ2v) is 14.4. The number of fused-ring (bicyclic) bond motifs is 6. The van der Waals surface area contributed by atoms with Crippen molar-refractivity contribution >= 4 is 43.9 Å². The summed E-state index contributed by atoms with van der Waals surface area (Å²) in [4.78, 5) is 5.66. The Labute approximate surface area is 313 Å². The summed E-state index contributed by atoms with van der Waals surface area (Å²) in [6.07, 6.45) is 0. The van der Waals surface area contributed by atoms with Crippen molar-refractivity contribution in [1.29, 1.82) is 0 Å². The summed E-state index contributed by atoms with van der Waals surface area (Å²) in [5, 5.41) is 4.80. The van der Waals surface area contributed by atoms with Gasteiger partial charge in [-0.05, 0) is 46.8 Å². The molecule has 0 aliphatic heterocycles. The number of aryl methyl sites for hydroxylation is 2. The van der Waals surface area contributed by atoms with Crippen LogP contribution in [-0.2, 0) is 26.5 Å². The molecule has 9 aromatic rings. The van der Waals surface area contributed by atoms with Crippen molar-refractivity contribution in [3.63, 3.8) is 0 Å². The van der Waals surface area contributed by atoms with E-state index in [9.17, 15) is 0 Å². The van der Waals surface area contributed by atoms with Crippen molar-refractivity contribution in [2.45, 2.75) is 40.0 Å². The fraction of sp³-hybridized carbons (Fsp3) is 0.128. The maximum absolute atomic E-state index is 5.66. The Morgan fingerprint density at radius 3 is 1.84 bits per heavy atom. The van der Waals surface area contributed by atoms with Crippen LogP contribution in [0.1, 0.15) is 37.5 Å². The summed E-state index contributed by atoms with van der Waals surface area (Å²) < 4.78 is 4.62. The Hall–Kier alpha value is -5.24. The number of pyridine rings is 1. The number of nitrogens with zero attached hydrogens (tertiary/aromatic N) is 3. The molecule has 0 amide bonds. The van der Waals surface area contributed by atoms with Gasteiger partial charge in [-0.1, -0.05) is 129 Å². The molecule has 0 N–H and O–H groups in total. The quantitative estimate of drug-likeness (QED) is 0.162. The summed E-state index contributed by atoms with van der Waals surface area (Å²) >= 11 is 0. The predicted octanol–water partition coefficient (Wildman–Crippen LogP) is 12.1. The van der Waals surface area contributed by atoms with Crippen LogP contribution >= 0.6 is 0 Å². The summed E-state index contributed by atoms with van der Waals surface area (Å²) in [6.45, 7) is 11.3. The van der Waals surface area contributed by atoms with Crippen LogP contribution in [0.3, 0.4) is 0 Å². The molecule has 0 saturated carbocycles. The summed E-state index contributed by atoms with van der Waals surface area (Å²) in [5.74, 6) is 0. The van der Waals surface area contributed by atoms with Crippen LogP contribution in [0, 0.1) is 26.0 Å². The number of hydrogen-bond donors (Lipinski definition) is 0. The van der Waals surface area contributed by atoms with Crippen LogP contribution in [-0.4, -0.2) is 14.1 Å². The standard InChI is InChI=1S/C47H37N3.Pt/c1-30-15-13-19-35(27-30)49-40-23-11-9-21-38(40)42-44(47(3,4)5)43-39-22-10-12-24-41(39)50(46(43)48-45(42)49)36-20-14-18-34(29-36)37-26-25-33(28-31(37)2)32-16-7-6-8-17-32;/h6-18,20-28H,1-5H3;/q-2;+2. The van der Waals surface area contributed by atoms with Crippen LogP contribution < -0.4 is 0 Å². The number of para-hydroxylation sites is 2. The fourth-order valence-electron chi connectivity index (χ4n) is 7.83. The Balaban J connectivity index is 0.00000374. The molecule has 0 unspecified atom stereocenters. The third-order valence-corrected chi connectivity index (χ3v) is 9.99. The average molecular weight is 839 g/mol. The van der Waals surface area contributed by atoms with Crippen LogP contribution in [0.5, 0.6) is 0 Å². The topological polar surface area (TPSA) is 22.8 Å². The normalized spacial score (nSPS) is 11.9. The molecular weight excluding hydrogens is 802 g/mol. The first kappa shape index (κ1) is 32.9. The van der Waals surface area contributed by atoms with E-state index >= 15 is 0 Å². The SMILES string of the molecule is Cc1cc[c-]c(-n2c3ccccc3c3c(C(C)(C)C)c4c5ccccc5n(-c5[c-]c(-c6ccc(-c7ccccc7)cc6C)ccc5)c4nc32)c1.[Pt+2]. The molecule has 0 aliphatic carbocycles. The van der Waals surface area contributed by atoms with Crippen molar-refractivity contribution in [1.82, 2.24) is 14.1 Å². The summed E-state index contributed by atoms with van der Waals surface area (Å²) in [5.41, 5.74) is 14.3. The molecule has 0 fully saturated rings. The molecule has 6 aromatic carbocycles. The van der Waals surface area contributed by atoms with Crippen molar-refractivity contribution in [2.24, 2.45) is 0 Å². The van der Waals surface area contributed by atoms with Crippen molar-refractivity contribution in [2.75, 3.05) is 0 Å². The van der Waals surface area contributed by atoms with Gasteiger partial charge in [0.25, 0.3) is 0 Å². The van der Waals surface area contributed by atoms with Crippen molar-refractivity contribution in [3.05, 3.63) is 162 Å². The zero-order chi connectivity index (χ0) is 34.1. The minimum absolute atomic E-state index is 0. The Morgan fingerprint density at radius 2 is 1.22 bits per heavy atom. The molecule has 3 heterocycles. The van der Waals surface area contributed by atoms with Crippen LogP contribution in [0.15, 0.2) is 133 Å². The second kappa shape index (κ2) is 12.5. The molecule has 3 nitrogen and oxygen atoms in total. The molecule has 4 heteroatoms. The Morgan fingerprint density at radius 1 is 0.588 bits per heavy atom. The second-order valence-electron chi connectivity index (χ2n) is 14.4. The van der Waals surface area contributed by atoms with Gasteiger partial charge in [0.05, 0.1) is 11.0 Å². The van der Waals surface area contributed by atoms with Crippen LogP contribution in [0.25, 0.3) is 77.5 Å². The van der Waals surface area contributed by atoms with Crippen LogP contribution in [0.2, 0.25) is 0 Å². The first-order valence-corrected chi connectivity index (χ1v) is 17.3. The average Bonchev–Trinajstić information content (AvgIpc) is 3.63. The van der Waals surface area contributed by atoms with E-state index in [2.05, 4.69) is 183 Å². The van der Waals surface area contributed by atoms with Gasteiger partial charge in [0.1, 0.15) is 11.3 Å². The number of hydrogen-bond acceptors (Lipinski definition) is 1. The number of benzene rings is 6. The number of aromatic nitrogens is 3. The van der Waals surface area contributed by atoms with Gasteiger partial charge in [-0.3, -0.25) is 0 Å². The van der Waals surface area contributed by atoms with E-state index in [0.29, 0.717) is 0 Å². The summed E-state index contributed by atoms with van der Waals surface area (Å²) in [7, 11) is 0. The molecule has 3 aromatic heterocycles. The monoisotopic (exact) mass is 838 g/mol.